The lowest BCUT2D eigenvalue weighted by molar-refractivity contribution is -0.114. The fourth-order valence-corrected chi connectivity index (χ4v) is 0.712. The molecule has 0 radical (unpaired) electrons. The molecule has 3 nitrogen and oxygen atoms in total. The largest absolute Gasteiger partial charge is 0.366 e. The number of carbonyl (C=O) groups excluding carboxylic acids is 1. The molecule has 70 valence electrons. The quantitative estimate of drug-likeness (QED) is 0.613. The van der Waals surface area contributed by atoms with Gasteiger partial charge in [0.15, 0.2) is 0 Å². The first-order chi connectivity index (χ1) is 5.33. The highest BCUT2D eigenvalue weighted by Crippen LogP contribution is 2.00. The van der Waals surface area contributed by atoms with Crippen molar-refractivity contribution in [2.75, 3.05) is 6.54 Å². The first-order valence-corrected chi connectivity index (χ1v) is 4.05. The summed E-state index contributed by atoms with van der Waals surface area (Å²) in [5.41, 5.74) is 5.58. The van der Waals surface area contributed by atoms with Crippen LogP contribution in [0.1, 0.15) is 27.2 Å². The summed E-state index contributed by atoms with van der Waals surface area (Å²) in [6, 6.07) is 0. The lowest BCUT2D eigenvalue weighted by Crippen LogP contribution is -2.36. The van der Waals surface area contributed by atoms with Crippen LogP contribution in [0.4, 0.5) is 0 Å². The van der Waals surface area contributed by atoms with Crippen molar-refractivity contribution in [2.24, 2.45) is 5.73 Å². The van der Waals surface area contributed by atoms with E-state index in [-0.39, 0.29) is 5.54 Å². The molecule has 0 unspecified atom stereocenters. The maximum atomic E-state index is 10.5. The minimum Gasteiger partial charge on any atom is -0.366 e. The Morgan fingerprint density at radius 3 is 2.33 bits per heavy atom. The molecule has 0 aliphatic heterocycles. The number of primary amides is 1. The number of nitrogens with two attached hydrogens (primary N) is 1. The van der Waals surface area contributed by atoms with E-state index in [0.717, 1.165) is 6.54 Å². The average molecular weight is 170 g/mol. The van der Waals surface area contributed by atoms with Crippen molar-refractivity contribution in [2.45, 2.75) is 32.7 Å². The lowest BCUT2D eigenvalue weighted by Gasteiger charge is -2.20. The first kappa shape index (κ1) is 11.2. The van der Waals surface area contributed by atoms with E-state index in [0.29, 0.717) is 12.0 Å². The molecule has 12 heavy (non-hydrogen) atoms. The number of carbonyl (C=O) groups is 1. The van der Waals surface area contributed by atoms with E-state index < -0.39 is 5.91 Å². The fourth-order valence-electron chi connectivity index (χ4n) is 0.712. The average Bonchev–Trinajstić information content (AvgIpc) is 1.84. The van der Waals surface area contributed by atoms with Crippen molar-refractivity contribution >= 4 is 5.91 Å². The van der Waals surface area contributed by atoms with Gasteiger partial charge in [0.2, 0.25) is 5.91 Å². The van der Waals surface area contributed by atoms with Crippen LogP contribution in [-0.2, 0) is 4.79 Å². The SMILES string of the molecule is C=C(CCNC(C)(C)C)C(N)=O. The maximum Gasteiger partial charge on any atom is 0.244 e. The molecule has 0 rings (SSSR count). The number of nitrogens with one attached hydrogen (secondary N) is 1. The van der Waals surface area contributed by atoms with Crippen molar-refractivity contribution in [1.82, 2.24) is 5.32 Å². The Morgan fingerprint density at radius 1 is 1.50 bits per heavy atom. The smallest absolute Gasteiger partial charge is 0.244 e. The third-order valence-electron chi connectivity index (χ3n) is 1.43. The van der Waals surface area contributed by atoms with E-state index in [4.69, 9.17) is 5.73 Å². The Labute approximate surface area is 74.0 Å². The van der Waals surface area contributed by atoms with Crippen LogP contribution in [0.25, 0.3) is 0 Å². The Morgan fingerprint density at radius 2 is 2.00 bits per heavy atom. The highest BCUT2D eigenvalue weighted by atomic mass is 16.1. The van der Waals surface area contributed by atoms with Crippen LogP contribution in [0.3, 0.4) is 0 Å². The lowest BCUT2D eigenvalue weighted by atomic mass is 10.1. The van der Waals surface area contributed by atoms with Gasteiger partial charge in [-0.15, -0.1) is 0 Å². The molecule has 0 spiro atoms. The van der Waals surface area contributed by atoms with Crippen LogP contribution in [0, 0.1) is 0 Å². The summed E-state index contributed by atoms with van der Waals surface area (Å²) >= 11 is 0. The van der Waals surface area contributed by atoms with Crippen LogP contribution in [-0.4, -0.2) is 18.0 Å². The van der Waals surface area contributed by atoms with Gasteiger partial charge in [-0.3, -0.25) is 4.79 Å². The van der Waals surface area contributed by atoms with Gasteiger partial charge in [-0.1, -0.05) is 6.58 Å². The molecule has 0 aromatic carbocycles. The van der Waals surface area contributed by atoms with E-state index in [1.807, 2.05) is 0 Å². The normalized spacial score (nSPS) is 11.2. The van der Waals surface area contributed by atoms with Crippen LogP contribution in [0.5, 0.6) is 0 Å². The zero-order valence-corrected chi connectivity index (χ0v) is 8.11. The molecular weight excluding hydrogens is 152 g/mol. The fraction of sp³-hybridized carbons (Fsp3) is 0.667. The predicted molar refractivity (Wildman–Crippen MR) is 50.7 cm³/mol. The van der Waals surface area contributed by atoms with Gasteiger partial charge in [0.25, 0.3) is 0 Å². The highest BCUT2D eigenvalue weighted by Gasteiger charge is 2.08. The molecule has 0 aliphatic rings. The summed E-state index contributed by atoms with van der Waals surface area (Å²) in [4.78, 5) is 10.5. The first-order valence-electron chi connectivity index (χ1n) is 4.05. The van der Waals surface area contributed by atoms with E-state index in [2.05, 4.69) is 32.7 Å². The third kappa shape index (κ3) is 5.92. The molecule has 3 N–H and O–H groups in total. The number of hydrogen-bond acceptors (Lipinski definition) is 2. The zero-order valence-electron chi connectivity index (χ0n) is 8.11. The molecule has 0 saturated carbocycles. The minimum absolute atomic E-state index is 0.0813. The molecule has 0 aromatic heterocycles. The van der Waals surface area contributed by atoms with Gasteiger partial charge < -0.3 is 11.1 Å². The summed E-state index contributed by atoms with van der Waals surface area (Å²) in [7, 11) is 0. The van der Waals surface area contributed by atoms with Gasteiger partial charge in [0.1, 0.15) is 0 Å². The van der Waals surface area contributed by atoms with Gasteiger partial charge in [0, 0.05) is 11.1 Å². The highest BCUT2D eigenvalue weighted by molar-refractivity contribution is 5.91. The van der Waals surface area contributed by atoms with Gasteiger partial charge in [0.05, 0.1) is 0 Å². The Kier molecular flexibility index (Phi) is 3.96. The topological polar surface area (TPSA) is 55.1 Å². The van der Waals surface area contributed by atoms with Crippen molar-refractivity contribution < 1.29 is 4.79 Å². The Hall–Kier alpha value is -0.830. The molecule has 1 amide bonds. The van der Waals surface area contributed by atoms with Crippen molar-refractivity contribution in [3.63, 3.8) is 0 Å². The van der Waals surface area contributed by atoms with Gasteiger partial charge in [-0.2, -0.15) is 0 Å². The molecule has 0 bridgehead atoms. The van der Waals surface area contributed by atoms with E-state index in [1.54, 1.807) is 0 Å². The summed E-state index contributed by atoms with van der Waals surface area (Å²) in [5, 5.41) is 3.24. The Bertz CT molecular complexity index is 179. The van der Waals surface area contributed by atoms with Gasteiger partial charge >= 0.3 is 0 Å². The molecule has 0 aliphatic carbocycles. The molecule has 0 heterocycles. The summed E-state index contributed by atoms with van der Waals surface area (Å²) in [6.45, 7) is 10.5. The summed E-state index contributed by atoms with van der Waals surface area (Å²) < 4.78 is 0. The monoisotopic (exact) mass is 170 g/mol. The second-order valence-corrected chi connectivity index (χ2v) is 3.89. The van der Waals surface area contributed by atoms with E-state index >= 15 is 0 Å². The predicted octanol–water partition coefficient (Wildman–Crippen LogP) is 0.806. The minimum atomic E-state index is -0.411. The second kappa shape index (κ2) is 4.26. The van der Waals surface area contributed by atoms with Crippen LogP contribution >= 0.6 is 0 Å². The molecular formula is C9H18N2O. The van der Waals surface area contributed by atoms with E-state index in [1.165, 1.54) is 0 Å². The number of amides is 1. The molecule has 0 fully saturated rings. The van der Waals surface area contributed by atoms with Gasteiger partial charge in [-0.25, -0.2) is 0 Å². The molecule has 0 aromatic rings. The molecule has 3 heteroatoms. The number of hydrogen-bond donors (Lipinski definition) is 2. The molecule has 0 saturated heterocycles. The van der Waals surface area contributed by atoms with Crippen molar-refractivity contribution in [3.8, 4) is 0 Å². The van der Waals surface area contributed by atoms with Crippen LogP contribution < -0.4 is 11.1 Å². The van der Waals surface area contributed by atoms with Crippen LogP contribution in [0.15, 0.2) is 12.2 Å². The van der Waals surface area contributed by atoms with Crippen LogP contribution in [0.2, 0.25) is 0 Å². The summed E-state index contributed by atoms with van der Waals surface area (Å²) in [5.74, 6) is -0.411. The van der Waals surface area contributed by atoms with Crippen molar-refractivity contribution in [3.05, 3.63) is 12.2 Å². The zero-order chi connectivity index (χ0) is 9.78. The summed E-state index contributed by atoms with van der Waals surface area (Å²) in [6.07, 6.45) is 0.618. The second-order valence-electron chi connectivity index (χ2n) is 3.89. The van der Waals surface area contributed by atoms with Gasteiger partial charge in [-0.05, 0) is 33.7 Å². The molecule has 0 atom stereocenters. The third-order valence-corrected chi connectivity index (χ3v) is 1.43. The van der Waals surface area contributed by atoms with Crippen molar-refractivity contribution in [1.29, 1.82) is 0 Å². The Balaban J connectivity index is 3.58. The van der Waals surface area contributed by atoms with E-state index in [9.17, 15) is 4.79 Å². The number of rotatable bonds is 4. The maximum absolute atomic E-state index is 10.5. The standard InChI is InChI=1S/C9H18N2O/c1-7(8(10)12)5-6-11-9(2,3)4/h11H,1,5-6H2,2-4H3,(H2,10,12).